The first-order valence-corrected chi connectivity index (χ1v) is 10.7. The van der Waals surface area contributed by atoms with Gasteiger partial charge in [-0.2, -0.15) is 5.10 Å². The van der Waals surface area contributed by atoms with Crippen LogP contribution < -0.4 is 15.7 Å². The number of ether oxygens (including phenoxy) is 1. The zero-order valence-electron chi connectivity index (χ0n) is 17.7. The molecule has 1 atom stereocenters. The summed E-state index contributed by atoms with van der Waals surface area (Å²) in [5.74, 6) is 0.854. The largest absolute Gasteiger partial charge is 0.484 e. The maximum absolute atomic E-state index is 12.7. The number of nitrogens with zero attached hydrogens (tertiary/aromatic N) is 2. The normalized spacial score (nSPS) is 15.3. The smallest absolute Gasteiger partial charge is 0.336 e. The fraction of sp³-hybridized carbons (Fsp3) is 0.240. The van der Waals surface area contributed by atoms with Crippen molar-refractivity contribution in [1.29, 1.82) is 0 Å². The number of carbonyl (C=O) groups is 1. The molecule has 1 aliphatic carbocycles. The minimum Gasteiger partial charge on any atom is -0.484 e. The summed E-state index contributed by atoms with van der Waals surface area (Å²) in [5, 5.41) is 8.32. The summed E-state index contributed by atoms with van der Waals surface area (Å²) >= 11 is 0. The molecule has 5 rings (SSSR count). The Kier molecular flexibility index (Phi) is 5.23. The number of rotatable bonds is 5. The lowest BCUT2D eigenvalue weighted by Crippen LogP contribution is -2.25. The van der Waals surface area contributed by atoms with E-state index >= 15 is 0 Å². The summed E-state index contributed by atoms with van der Waals surface area (Å²) in [6, 6.07) is 16.7. The van der Waals surface area contributed by atoms with E-state index in [9.17, 15) is 9.59 Å². The van der Waals surface area contributed by atoms with Crippen molar-refractivity contribution in [3.8, 4) is 5.75 Å². The van der Waals surface area contributed by atoms with Gasteiger partial charge in [-0.15, -0.1) is 0 Å². The summed E-state index contributed by atoms with van der Waals surface area (Å²) < 4.78 is 12.7. The molecule has 0 bridgehead atoms. The third-order valence-corrected chi connectivity index (χ3v) is 5.83. The topological polar surface area (TPSA) is 86.4 Å². The maximum Gasteiger partial charge on any atom is 0.336 e. The Morgan fingerprint density at radius 1 is 1.22 bits per heavy atom. The second-order valence-corrected chi connectivity index (χ2v) is 8.02. The lowest BCUT2D eigenvalue weighted by atomic mass is 9.88. The highest BCUT2D eigenvalue weighted by molar-refractivity contribution is 5.91. The third-order valence-electron chi connectivity index (χ3n) is 5.83. The quantitative estimate of drug-likeness (QED) is 0.480. The number of fused-ring (bicyclic) bond motifs is 2. The first kappa shape index (κ1) is 20.1. The van der Waals surface area contributed by atoms with Crippen LogP contribution in [-0.4, -0.2) is 22.3 Å². The number of aryl methyl sites for hydroxylation is 2. The molecule has 1 N–H and O–H groups in total. The van der Waals surface area contributed by atoms with Gasteiger partial charge < -0.3 is 14.5 Å². The van der Waals surface area contributed by atoms with Crippen molar-refractivity contribution in [3.05, 3.63) is 87.9 Å². The number of nitrogens with one attached hydrogen (secondary N) is 1. The van der Waals surface area contributed by atoms with E-state index in [0.29, 0.717) is 17.2 Å². The predicted molar refractivity (Wildman–Crippen MR) is 121 cm³/mol. The van der Waals surface area contributed by atoms with Gasteiger partial charge >= 0.3 is 5.63 Å². The van der Waals surface area contributed by atoms with E-state index in [0.717, 1.165) is 30.2 Å². The van der Waals surface area contributed by atoms with E-state index in [1.54, 1.807) is 30.5 Å². The average molecular weight is 429 g/mol. The van der Waals surface area contributed by atoms with Crippen molar-refractivity contribution in [2.45, 2.75) is 32.2 Å². The van der Waals surface area contributed by atoms with Gasteiger partial charge in [0.15, 0.2) is 6.61 Å². The summed E-state index contributed by atoms with van der Waals surface area (Å²) in [7, 11) is 0. The highest BCUT2D eigenvalue weighted by atomic mass is 16.5. The molecule has 2 aromatic heterocycles. The first-order valence-electron chi connectivity index (χ1n) is 10.7. The lowest BCUT2D eigenvalue weighted by Gasteiger charge is -2.27. The van der Waals surface area contributed by atoms with Crippen LogP contribution in [0.1, 0.15) is 35.6 Å². The number of hydrogen-bond acceptors (Lipinski definition) is 5. The van der Waals surface area contributed by atoms with Crippen LogP contribution in [0.4, 0.5) is 5.82 Å². The summed E-state index contributed by atoms with van der Waals surface area (Å²) in [4.78, 5) is 24.1. The van der Waals surface area contributed by atoms with Crippen LogP contribution in [0.15, 0.2) is 70.0 Å². The molecular formula is C25H23N3O4. The molecule has 0 spiro atoms. The molecule has 0 aliphatic heterocycles. The predicted octanol–water partition coefficient (Wildman–Crippen LogP) is 4.24. The fourth-order valence-electron chi connectivity index (χ4n) is 4.27. The average Bonchev–Trinajstić information content (AvgIpc) is 3.16. The summed E-state index contributed by atoms with van der Waals surface area (Å²) in [6.07, 6.45) is 4.89. The number of anilines is 1. The highest BCUT2D eigenvalue weighted by Gasteiger charge is 2.25. The van der Waals surface area contributed by atoms with Crippen molar-refractivity contribution in [2.24, 2.45) is 0 Å². The van der Waals surface area contributed by atoms with Gasteiger partial charge in [-0.25, -0.2) is 9.48 Å². The minimum absolute atomic E-state index is 0.0910. The Morgan fingerprint density at radius 3 is 2.97 bits per heavy atom. The molecule has 162 valence electrons. The maximum atomic E-state index is 12.7. The molecular weight excluding hydrogens is 406 g/mol. The van der Waals surface area contributed by atoms with Crippen molar-refractivity contribution in [1.82, 2.24) is 9.78 Å². The molecule has 0 saturated heterocycles. The third kappa shape index (κ3) is 3.89. The zero-order chi connectivity index (χ0) is 22.1. The Bertz CT molecular complexity index is 1350. The monoisotopic (exact) mass is 429 g/mol. The number of benzene rings is 2. The van der Waals surface area contributed by atoms with Crippen LogP contribution >= 0.6 is 0 Å². The second-order valence-electron chi connectivity index (χ2n) is 8.02. The van der Waals surface area contributed by atoms with Crippen LogP contribution in [0.2, 0.25) is 0 Å². The summed E-state index contributed by atoms with van der Waals surface area (Å²) in [5.41, 5.74) is 3.47. The van der Waals surface area contributed by atoms with E-state index in [1.165, 1.54) is 17.2 Å². The van der Waals surface area contributed by atoms with Crippen LogP contribution in [0.3, 0.4) is 0 Å². The first-order chi connectivity index (χ1) is 15.6. The Morgan fingerprint density at radius 2 is 2.06 bits per heavy atom. The van der Waals surface area contributed by atoms with Crippen molar-refractivity contribution in [2.75, 3.05) is 11.9 Å². The molecule has 7 heteroatoms. The molecule has 0 radical (unpaired) electrons. The van der Waals surface area contributed by atoms with E-state index < -0.39 is 5.63 Å². The highest BCUT2D eigenvalue weighted by Crippen LogP contribution is 2.35. The molecule has 2 heterocycles. The van der Waals surface area contributed by atoms with E-state index in [1.807, 2.05) is 17.7 Å². The van der Waals surface area contributed by atoms with Crippen molar-refractivity contribution >= 4 is 22.7 Å². The Labute approximate surface area is 184 Å². The van der Waals surface area contributed by atoms with Gasteiger partial charge in [-0.3, -0.25) is 4.79 Å². The molecule has 32 heavy (non-hydrogen) atoms. The SMILES string of the molecule is Cc1cnn([C@@H]2CCCc3ccccc32)c1NC(=O)COc1ccc2ccc(=O)oc2c1. The van der Waals surface area contributed by atoms with Gasteiger partial charge in [-0.05, 0) is 55.5 Å². The number of hydrogen-bond donors (Lipinski definition) is 1. The number of aromatic nitrogens is 2. The standard InChI is InChI=1S/C25H23N3O4/c1-16-14-26-28(21-8-4-6-17-5-2-3-7-20(17)21)25(16)27-23(29)15-31-19-11-9-18-10-12-24(30)32-22(18)13-19/h2-3,5,7,9-14,21H,4,6,8,15H2,1H3,(H,27,29)/t21-/m1/s1. The Balaban J connectivity index is 1.32. The summed E-state index contributed by atoms with van der Waals surface area (Å²) in [6.45, 7) is 1.76. The fourth-order valence-corrected chi connectivity index (χ4v) is 4.27. The molecule has 1 aliphatic rings. The molecule has 1 amide bonds. The van der Waals surface area contributed by atoms with Crippen LogP contribution in [0.5, 0.6) is 5.75 Å². The van der Waals surface area contributed by atoms with Crippen LogP contribution in [0, 0.1) is 6.92 Å². The van der Waals surface area contributed by atoms with E-state index in [4.69, 9.17) is 9.15 Å². The van der Waals surface area contributed by atoms with Gasteiger partial charge in [0.2, 0.25) is 0 Å². The Hall–Kier alpha value is -3.87. The molecule has 2 aromatic carbocycles. The van der Waals surface area contributed by atoms with Gasteiger partial charge in [0.25, 0.3) is 5.91 Å². The number of amides is 1. The molecule has 7 nitrogen and oxygen atoms in total. The second kappa shape index (κ2) is 8.34. The van der Waals surface area contributed by atoms with Crippen molar-refractivity contribution in [3.63, 3.8) is 0 Å². The van der Waals surface area contributed by atoms with Crippen molar-refractivity contribution < 1.29 is 13.9 Å². The van der Waals surface area contributed by atoms with Crippen LogP contribution in [-0.2, 0) is 11.2 Å². The number of carbonyl (C=O) groups excluding carboxylic acids is 1. The minimum atomic E-state index is -0.430. The zero-order valence-corrected chi connectivity index (χ0v) is 17.7. The van der Waals surface area contributed by atoms with Gasteiger partial charge in [-0.1, -0.05) is 24.3 Å². The van der Waals surface area contributed by atoms with Crippen LogP contribution in [0.25, 0.3) is 11.0 Å². The molecule has 4 aromatic rings. The molecule has 0 saturated carbocycles. The molecule has 0 unspecified atom stereocenters. The van der Waals surface area contributed by atoms with Gasteiger partial charge in [0, 0.05) is 23.1 Å². The van der Waals surface area contributed by atoms with E-state index in [-0.39, 0.29) is 18.6 Å². The lowest BCUT2D eigenvalue weighted by molar-refractivity contribution is -0.118. The van der Waals surface area contributed by atoms with Gasteiger partial charge in [0.05, 0.1) is 12.2 Å². The van der Waals surface area contributed by atoms with Gasteiger partial charge in [0.1, 0.15) is 17.2 Å². The molecule has 0 fully saturated rings. The van der Waals surface area contributed by atoms with E-state index in [2.05, 4.69) is 28.6 Å².